The smallest absolute Gasteiger partial charge is 0.148 e. The van der Waals surface area contributed by atoms with Crippen molar-refractivity contribution in [2.45, 2.75) is 39.5 Å². The normalized spacial score (nSPS) is 12.1. The van der Waals surface area contributed by atoms with Crippen LogP contribution in [0.3, 0.4) is 0 Å². The molecule has 0 amide bonds. The van der Waals surface area contributed by atoms with Crippen LogP contribution in [-0.4, -0.2) is 19.6 Å². The Kier molecular flexibility index (Phi) is 10.6. The molecule has 0 bridgehead atoms. The van der Waals surface area contributed by atoms with Gasteiger partial charge in [0.2, 0.25) is 0 Å². The third kappa shape index (κ3) is 7.81. The van der Waals surface area contributed by atoms with Crippen LogP contribution in [0.1, 0.15) is 53.4 Å². The zero-order valence-electron chi connectivity index (χ0n) is 35.3. The first kappa shape index (κ1) is 37.0. The van der Waals surface area contributed by atoms with Crippen molar-refractivity contribution < 1.29 is 28.9 Å². The Labute approximate surface area is 364 Å². The Bertz CT molecular complexity index is 3000. The van der Waals surface area contributed by atoms with Crippen LogP contribution in [0, 0.1) is 6.07 Å². The van der Waals surface area contributed by atoms with Crippen LogP contribution in [-0.2, 0) is 21.1 Å². The van der Waals surface area contributed by atoms with Crippen molar-refractivity contribution in [1.29, 1.82) is 0 Å². The molecule has 4 nitrogen and oxygen atoms in total. The van der Waals surface area contributed by atoms with Crippen LogP contribution in [0.15, 0.2) is 176 Å². The molecule has 0 radical (unpaired) electrons. The van der Waals surface area contributed by atoms with Crippen LogP contribution in [0.2, 0.25) is 0 Å². The molecule has 9 rings (SSSR count). The molecule has 0 saturated carbocycles. The Hall–Kier alpha value is -6.35. The summed E-state index contributed by atoms with van der Waals surface area (Å²) in [4.78, 5) is 10.2. The zero-order chi connectivity index (χ0) is 41.6. The molecule has 0 atom stereocenters. The summed E-state index contributed by atoms with van der Waals surface area (Å²) < 4.78 is 19.8. The molecular formula is C54H44N3OPt-. The summed E-state index contributed by atoms with van der Waals surface area (Å²) in [6, 6.07) is 60.6. The Balaban J connectivity index is 0.00000514. The zero-order valence-corrected chi connectivity index (χ0v) is 35.6. The van der Waals surface area contributed by atoms with Gasteiger partial charge < -0.3 is 5.11 Å². The van der Waals surface area contributed by atoms with Gasteiger partial charge in [-0.3, -0.25) is 9.55 Å². The third-order valence-corrected chi connectivity index (χ3v) is 10.8. The van der Waals surface area contributed by atoms with Gasteiger partial charge in [0.05, 0.1) is 16.6 Å². The molecule has 0 aliphatic carbocycles. The molecule has 9 aromatic rings. The number of rotatable bonds is 9. The van der Waals surface area contributed by atoms with E-state index in [9.17, 15) is 6.48 Å². The predicted molar refractivity (Wildman–Crippen MR) is 240 cm³/mol. The van der Waals surface area contributed by atoms with E-state index in [1.54, 1.807) is 6.07 Å². The molecule has 0 aliphatic heterocycles. The van der Waals surface area contributed by atoms with Gasteiger partial charge in [-0.25, -0.2) is 4.98 Å². The SMILES string of the molecule is [2H]C(C)(C)c1ccc(-c2ccnc(-c3[c-]c(-c4cccc5c4nc(-c4ccccc4O)n5-c4ccc(-c5ccccc5)c(C([2H])(C)C)c4)cc(-c4ccccc4)c3)c2)cc1.[Pt]. The first-order valence-corrected chi connectivity index (χ1v) is 19.6. The molecule has 7 aromatic carbocycles. The summed E-state index contributed by atoms with van der Waals surface area (Å²) in [6.07, 6.45) is 1.84. The number of phenolic OH excluding ortho intramolecular Hbond substituents is 1. The number of para-hydroxylation sites is 2. The molecule has 1 N–H and O–H groups in total. The van der Waals surface area contributed by atoms with Crippen molar-refractivity contribution in [1.82, 2.24) is 14.5 Å². The van der Waals surface area contributed by atoms with E-state index in [-0.39, 0.29) is 26.8 Å². The predicted octanol–water partition coefficient (Wildman–Crippen LogP) is 14.2. The third-order valence-electron chi connectivity index (χ3n) is 10.8. The van der Waals surface area contributed by atoms with E-state index in [0.717, 1.165) is 83.6 Å². The van der Waals surface area contributed by atoms with Crippen molar-refractivity contribution in [3.8, 4) is 78.6 Å². The van der Waals surface area contributed by atoms with Gasteiger partial charge in [0.25, 0.3) is 0 Å². The maximum absolute atomic E-state index is 11.3. The largest absolute Gasteiger partial charge is 0.507 e. The molecule has 0 saturated heterocycles. The van der Waals surface area contributed by atoms with E-state index in [4.69, 9.17) is 11.3 Å². The quantitative estimate of drug-likeness (QED) is 0.147. The number of benzene rings is 7. The van der Waals surface area contributed by atoms with Gasteiger partial charge in [0.1, 0.15) is 11.6 Å². The van der Waals surface area contributed by atoms with Gasteiger partial charge >= 0.3 is 0 Å². The standard InChI is InChI=1S/C54H44N3O.Pt/c1-35(2)37-22-24-39(25-23-37)41-28-29-55-50(33-41)44-31-42(38-14-7-5-8-15-38)30-43(32-44)47-19-13-20-51-53(47)56-54(48-18-11-12-21-52(48)58)57(51)45-26-27-46(49(34-45)36(3)4)40-16-9-6-10-17-40;/h5-31,33-36,58H,1-4H3;/q-1;/i35D,36D;. The minimum absolute atomic E-state index is 0. The number of phenols is 1. The number of fused-ring (bicyclic) bond motifs is 1. The molecular weight excluding hydrogens is 902 g/mol. The molecule has 2 heterocycles. The average Bonchev–Trinajstić information content (AvgIpc) is 3.66. The molecule has 292 valence electrons. The topological polar surface area (TPSA) is 50.9 Å². The minimum Gasteiger partial charge on any atom is -0.507 e. The minimum atomic E-state index is -0.908. The van der Waals surface area contributed by atoms with Gasteiger partial charge in [-0.05, 0) is 87.1 Å². The first-order chi connectivity index (χ1) is 28.9. The fourth-order valence-corrected chi connectivity index (χ4v) is 7.78. The second kappa shape index (κ2) is 16.9. The number of hydrogen-bond acceptors (Lipinski definition) is 3. The second-order valence-electron chi connectivity index (χ2n) is 15.1. The number of pyridine rings is 1. The maximum Gasteiger partial charge on any atom is 0.148 e. The van der Waals surface area contributed by atoms with Crippen LogP contribution in [0.4, 0.5) is 0 Å². The first-order valence-electron chi connectivity index (χ1n) is 20.6. The van der Waals surface area contributed by atoms with Crippen LogP contribution < -0.4 is 0 Å². The summed E-state index contributed by atoms with van der Waals surface area (Å²) in [5.74, 6) is -0.873. The Morgan fingerprint density at radius 3 is 1.93 bits per heavy atom. The summed E-state index contributed by atoms with van der Waals surface area (Å²) in [7, 11) is 0. The molecule has 0 unspecified atom stereocenters. The van der Waals surface area contributed by atoms with E-state index in [1.807, 2.05) is 113 Å². The van der Waals surface area contributed by atoms with E-state index in [1.165, 1.54) is 0 Å². The van der Waals surface area contributed by atoms with Crippen LogP contribution in [0.5, 0.6) is 5.75 Å². The summed E-state index contributed by atoms with van der Waals surface area (Å²) in [6.45, 7) is 7.63. The average molecular weight is 948 g/mol. The monoisotopic (exact) mass is 947 g/mol. The maximum atomic E-state index is 11.3. The summed E-state index contributed by atoms with van der Waals surface area (Å²) in [5, 5.41) is 11.3. The van der Waals surface area contributed by atoms with Crippen molar-refractivity contribution in [3.63, 3.8) is 0 Å². The number of imidazole rings is 1. The Morgan fingerprint density at radius 2 is 1.22 bits per heavy atom. The van der Waals surface area contributed by atoms with E-state index in [0.29, 0.717) is 11.4 Å². The second-order valence-corrected chi connectivity index (χ2v) is 15.1. The van der Waals surface area contributed by atoms with Crippen molar-refractivity contribution in [2.24, 2.45) is 0 Å². The van der Waals surface area contributed by atoms with Crippen molar-refractivity contribution in [3.05, 3.63) is 193 Å². The fourth-order valence-electron chi connectivity index (χ4n) is 7.78. The number of aromatic nitrogens is 3. The van der Waals surface area contributed by atoms with Crippen molar-refractivity contribution >= 4 is 11.0 Å². The van der Waals surface area contributed by atoms with Crippen LogP contribution >= 0.6 is 0 Å². The summed E-state index contributed by atoms with van der Waals surface area (Å²) >= 11 is 0. The van der Waals surface area contributed by atoms with Crippen LogP contribution in [0.25, 0.3) is 83.9 Å². The number of aromatic hydroxyl groups is 1. The fraction of sp³-hybridized carbons (Fsp3) is 0.111. The van der Waals surface area contributed by atoms with E-state index >= 15 is 0 Å². The Morgan fingerprint density at radius 1 is 0.559 bits per heavy atom. The van der Waals surface area contributed by atoms with Gasteiger partial charge in [0, 0.05) is 41.4 Å². The molecule has 0 fully saturated rings. The molecule has 2 aromatic heterocycles. The molecule has 0 aliphatic rings. The summed E-state index contributed by atoms with van der Waals surface area (Å²) in [5.41, 5.74) is 14.5. The van der Waals surface area contributed by atoms with Gasteiger partial charge in [-0.2, -0.15) is 0 Å². The van der Waals surface area contributed by atoms with Crippen molar-refractivity contribution in [2.75, 3.05) is 0 Å². The molecule has 59 heavy (non-hydrogen) atoms. The van der Waals surface area contributed by atoms with E-state index in [2.05, 4.69) is 95.6 Å². The molecule has 5 heteroatoms. The van der Waals surface area contributed by atoms with Gasteiger partial charge in [-0.1, -0.05) is 166 Å². The van der Waals surface area contributed by atoms with Gasteiger partial charge in [-0.15, -0.1) is 23.8 Å². The van der Waals surface area contributed by atoms with E-state index < -0.39 is 11.8 Å². The number of nitrogens with zero attached hydrogens (tertiary/aromatic N) is 3. The van der Waals surface area contributed by atoms with Gasteiger partial charge in [0.15, 0.2) is 0 Å². The number of hydrogen-bond donors (Lipinski definition) is 1. The molecule has 0 spiro atoms.